The predicted molar refractivity (Wildman–Crippen MR) is 96.1 cm³/mol. The Morgan fingerprint density at radius 3 is 2.85 bits per heavy atom. The number of nitrogens with zero attached hydrogens (tertiary/aromatic N) is 2. The summed E-state index contributed by atoms with van der Waals surface area (Å²) in [6.07, 6.45) is 2.75. The SMILES string of the molecule is Cc1nc(-c2cccc(NC(=O)c3c[nH]c4nc[nH]c(=O)c34)c2)oc1C. The molecule has 0 unspecified atom stereocenters. The number of carbonyl (C=O) groups is 1. The van der Waals surface area contributed by atoms with Crippen molar-refractivity contribution >= 4 is 22.6 Å². The first-order valence-corrected chi connectivity index (χ1v) is 7.93. The summed E-state index contributed by atoms with van der Waals surface area (Å²) in [7, 11) is 0. The average molecular weight is 349 g/mol. The van der Waals surface area contributed by atoms with Crippen LogP contribution in [0.25, 0.3) is 22.5 Å². The fourth-order valence-corrected chi connectivity index (χ4v) is 2.68. The third-order valence-electron chi connectivity index (χ3n) is 4.12. The smallest absolute Gasteiger partial charge is 0.261 e. The summed E-state index contributed by atoms with van der Waals surface area (Å²) in [5.41, 5.74) is 2.34. The van der Waals surface area contributed by atoms with Crippen LogP contribution in [0.4, 0.5) is 5.69 Å². The molecule has 0 saturated carbocycles. The Kier molecular flexibility index (Phi) is 3.65. The zero-order valence-electron chi connectivity index (χ0n) is 14.1. The highest BCUT2D eigenvalue weighted by molar-refractivity contribution is 6.12. The van der Waals surface area contributed by atoms with Crippen LogP contribution in [0.5, 0.6) is 0 Å². The largest absolute Gasteiger partial charge is 0.441 e. The quantitative estimate of drug-likeness (QED) is 0.526. The van der Waals surface area contributed by atoms with E-state index in [2.05, 4.69) is 25.3 Å². The maximum absolute atomic E-state index is 12.6. The molecule has 0 spiro atoms. The van der Waals surface area contributed by atoms with Gasteiger partial charge in [-0.05, 0) is 32.0 Å². The second-order valence-electron chi connectivity index (χ2n) is 5.85. The van der Waals surface area contributed by atoms with Gasteiger partial charge >= 0.3 is 0 Å². The molecule has 0 aliphatic heterocycles. The van der Waals surface area contributed by atoms with Gasteiger partial charge in [0.2, 0.25) is 5.89 Å². The number of aromatic amines is 2. The molecule has 1 amide bonds. The Bertz CT molecular complexity index is 1170. The lowest BCUT2D eigenvalue weighted by atomic mass is 10.2. The van der Waals surface area contributed by atoms with E-state index in [1.807, 2.05) is 19.9 Å². The number of rotatable bonds is 3. The molecule has 8 nitrogen and oxygen atoms in total. The maximum atomic E-state index is 12.6. The molecule has 4 rings (SSSR count). The molecule has 0 fully saturated rings. The molecular formula is C18H15N5O3. The number of anilines is 1. The van der Waals surface area contributed by atoms with Crippen LogP contribution in [0.3, 0.4) is 0 Å². The van der Waals surface area contributed by atoms with Crippen molar-refractivity contribution in [2.24, 2.45) is 0 Å². The van der Waals surface area contributed by atoms with Crippen LogP contribution in [0.2, 0.25) is 0 Å². The number of benzene rings is 1. The number of oxazole rings is 1. The third kappa shape index (κ3) is 2.67. The van der Waals surface area contributed by atoms with E-state index in [4.69, 9.17) is 4.42 Å². The fraction of sp³-hybridized carbons (Fsp3) is 0.111. The Labute approximate surface area is 147 Å². The van der Waals surface area contributed by atoms with Gasteiger partial charge in [0.15, 0.2) is 0 Å². The third-order valence-corrected chi connectivity index (χ3v) is 4.12. The van der Waals surface area contributed by atoms with Crippen molar-refractivity contribution in [2.45, 2.75) is 13.8 Å². The Morgan fingerprint density at radius 2 is 2.08 bits per heavy atom. The number of amides is 1. The Hall–Kier alpha value is -3.68. The van der Waals surface area contributed by atoms with Crippen molar-refractivity contribution in [3.8, 4) is 11.5 Å². The molecule has 4 aromatic rings. The Balaban J connectivity index is 1.66. The molecule has 3 N–H and O–H groups in total. The highest BCUT2D eigenvalue weighted by Gasteiger charge is 2.16. The van der Waals surface area contributed by atoms with E-state index in [0.717, 1.165) is 17.0 Å². The Morgan fingerprint density at radius 1 is 1.23 bits per heavy atom. The monoisotopic (exact) mass is 349 g/mol. The molecule has 0 bridgehead atoms. The van der Waals surface area contributed by atoms with Gasteiger partial charge in [-0.15, -0.1) is 0 Å². The molecule has 1 aromatic carbocycles. The van der Waals surface area contributed by atoms with Crippen LogP contribution in [-0.2, 0) is 0 Å². The molecule has 0 aliphatic rings. The number of aromatic nitrogens is 4. The first-order chi connectivity index (χ1) is 12.5. The normalized spacial score (nSPS) is 11.0. The molecule has 130 valence electrons. The van der Waals surface area contributed by atoms with Crippen molar-refractivity contribution in [2.75, 3.05) is 5.32 Å². The summed E-state index contributed by atoms with van der Waals surface area (Å²) in [5, 5.41) is 3.01. The zero-order chi connectivity index (χ0) is 18.3. The highest BCUT2D eigenvalue weighted by Crippen LogP contribution is 2.24. The number of H-pyrrole nitrogens is 2. The van der Waals surface area contributed by atoms with Gasteiger partial charge in [0, 0.05) is 17.4 Å². The summed E-state index contributed by atoms with van der Waals surface area (Å²) in [4.78, 5) is 38.2. The van der Waals surface area contributed by atoms with Crippen LogP contribution in [0.15, 0.2) is 46.0 Å². The molecule has 0 aliphatic carbocycles. The topological polar surface area (TPSA) is 117 Å². The van der Waals surface area contributed by atoms with Gasteiger partial charge in [-0.2, -0.15) is 0 Å². The fourth-order valence-electron chi connectivity index (χ4n) is 2.68. The lowest BCUT2D eigenvalue weighted by Gasteiger charge is -2.05. The molecular weight excluding hydrogens is 334 g/mol. The molecule has 3 aromatic heterocycles. The van der Waals surface area contributed by atoms with Gasteiger partial charge in [-0.3, -0.25) is 9.59 Å². The number of aryl methyl sites for hydroxylation is 2. The van der Waals surface area contributed by atoms with Crippen molar-refractivity contribution in [3.63, 3.8) is 0 Å². The maximum Gasteiger partial charge on any atom is 0.261 e. The lowest BCUT2D eigenvalue weighted by molar-refractivity contribution is 0.102. The first kappa shape index (κ1) is 15.8. The van der Waals surface area contributed by atoms with E-state index in [9.17, 15) is 9.59 Å². The average Bonchev–Trinajstić information content (AvgIpc) is 3.20. The van der Waals surface area contributed by atoms with Gasteiger partial charge in [0.1, 0.15) is 11.4 Å². The van der Waals surface area contributed by atoms with Gasteiger partial charge in [-0.1, -0.05) is 6.07 Å². The number of nitrogens with one attached hydrogen (secondary N) is 3. The van der Waals surface area contributed by atoms with Crippen LogP contribution >= 0.6 is 0 Å². The van der Waals surface area contributed by atoms with E-state index >= 15 is 0 Å². The molecule has 26 heavy (non-hydrogen) atoms. The van der Waals surface area contributed by atoms with Crippen LogP contribution < -0.4 is 10.9 Å². The minimum absolute atomic E-state index is 0.222. The molecule has 0 saturated heterocycles. The van der Waals surface area contributed by atoms with Gasteiger partial charge in [0.05, 0.1) is 23.0 Å². The molecule has 0 radical (unpaired) electrons. The van der Waals surface area contributed by atoms with E-state index in [1.54, 1.807) is 18.2 Å². The minimum atomic E-state index is -0.410. The first-order valence-electron chi connectivity index (χ1n) is 7.93. The molecule has 3 heterocycles. The summed E-state index contributed by atoms with van der Waals surface area (Å²) in [5.74, 6) is 0.829. The summed E-state index contributed by atoms with van der Waals surface area (Å²) >= 11 is 0. The molecule has 8 heteroatoms. The van der Waals surface area contributed by atoms with E-state index < -0.39 is 5.91 Å². The van der Waals surface area contributed by atoms with Gasteiger partial charge < -0.3 is 19.7 Å². The van der Waals surface area contributed by atoms with E-state index in [0.29, 0.717) is 17.2 Å². The number of hydrogen-bond donors (Lipinski definition) is 3. The van der Waals surface area contributed by atoms with Crippen molar-refractivity contribution in [1.29, 1.82) is 0 Å². The summed E-state index contributed by atoms with van der Waals surface area (Å²) < 4.78 is 5.62. The number of carbonyl (C=O) groups excluding carboxylic acids is 1. The van der Waals surface area contributed by atoms with Gasteiger partial charge in [-0.25, -0.2) is 9.97 Å². The van der Waals surface area contributed by atoms with Crippen molar-refractivity contribution < 1.29 is 9.21 Å². The van der Waals surface area contributed by atoms with Crippen molar-refractivity contribution in [1.82, 2.24) is 19.9 Å². The predicted octanol–water partition coefficient (Wildman–Crippen LogP) is 2.78. The minimum Gasteiger partial charge on any atom is -0.441 e. The van der Waals surface area contributed by atoms with Crippen LogP contribution in [0, 0.1) is 13.8 Å². The van der Waals surface area contributed by atoms with E-state index in [1.165, 1.54) is 12.5 Å². The summed E-state index contributed by atoms with van der Waals surface area (Å²) in [6.45, 7) is 3.72. The van der Waals surface area contributed by atoms with Gasteiger partial charge in [0.25, 0.3) is 11.5 Å². The highest BCUT2D eigenvalue weighted by atomic mass is 16.4. The summed E-state index contributed by atoms with van der Waals surface area (Å²) in [6, 6.07) is 7.16. The standard InChI is InChI=1S/C18H15N5O3/c1-9-10(2)26-18(22-9)11-4-3-5-12(6-11)23-16(24)13-7-19-15-14(13)17(25)21-8-20-15/h3-8H,1-2H3,(H,23,24)(H2,19,20,21,25). The lowest BCUT2D eigenvalue weighted by Crippen LogP contribution is -2.15. The second kappa shape index (κ2) is 5.99. The molecule has 0 atom stereocenters. The van der Waals surface area contributed by atoms with Crippen molar-refractivity contribution in [3.05, 3.63) is 64.2 Å². The van der Waals surface area contributed by atoms with Crippen LogP contribution in [0.1, 0.15) is 21.8 Å². The zero-order valence-corrected chi connectivity index (χ0v) is 14.1. The van der Waals surface area contributed by atoms with Crippen LogP contribution in [-0.4, -0.2) is 25.8 Å². The second-order valence-corrected chi connectivity index (χ2v) is 5.85. The van der Waals surface area contributed by atoms with E-state index in [-0.39, 0.29) is 16.5 Å². The number of fused-ring (bicyclic) bond motifs is 1. The number of hydrogen-bond acceptors (Lipinski definition) is 5.